The lowest BCUT2D eigenvalue weighted by Crippen LogP contribution is -2.05. The molecular formula is C33H64O2. The van der Waals surface area contributed by atoms with Gasteiger partial charge in [0.25, 0.3) is 0 Å². The summed E-state index contributed by atoms with van der Waals surface area (Å²) in [6.07, 6.45) is 40.1. The fraction of sp³-hybridized carbons (Fsp3) is 0.909. The van der Waals surface area contributed by atoms with Gasteiger partial charge in [0.2, 0.25) is 0 Å². The fourth-order valence-electron chi connectivity index (χ4n) is 4.84. The minimum Gasteiger partial charge on any atom is -0.466 e. The number of carbonyl (C=O) groups excluding carboxylic acids is 1. The van der Waals surface area contributed by atoms with Crippen molar-refractivity contribution < 1.29 is 9.53 Å². The highest BCUT2D eigenvalue weighted by atomic mass is 16.5. The highest BCUT2D eigenvalue weighted by Gasteiger charge is 2.02. The highest BCUT2D eigenvalue weighted by Crippen LogP contribution is 2.15. The molecule has 0 aromatic rings. The molecule has 0 heterocycles. The van der Waals surface area contributed by atoms with Crippen LogP contribution in [-0.4, -0.2) is 12.6 Å². The van der Waals surface area contributed by atoms with E-state index >= 15 is 0 Å². The van der Waals surface area contributed by atoms with Crippen molar-refractivity contribution in [2.45, 2.75) is 187 Å². The van der Waals surface area contributed by atoms with Crippen molar-refractivity contribution in [1.29, 1.82) is 0 Å². The molecule has 0 atom stereocenters. The van der Waals surface area contributed by atoms with Crippen LogP contribution >= 0.6 is 0 Å². The summed E-state index contributed by atoms with van der Waals surface area (Å²) in [6, 6.07) is 0. The van der Waals surface area contributed by atoms with Crippen LogP contribution in [-0.2, 0) is 9.53 Å². The van der Waals surface area contributed by atoms with Gasteiger partial charge in [-0.05, 0) is 39.0 Å². The molecule has 0 rings (SSSR count). The third kappa shape index (κ3) is 31.2. The smallest absolute Gasteiger partial charge is 0.305 e. The summed E-state index contributed by atoms with van der Waals surface area (Å²) < 4.78 is 5.34. The van der Waals surface area contributed by atoms with Crippen molar-refractivity contribution in [2.24, 2.45) is 0 Å². The lowest BCUT2D eigenvalue weighted by atomic mass is 10.0. The van der Waals surface area contributed by atoms with Gasteiger partial charge in [-0.2, -0.15) is 0 Å². The van der Waals surface area contributed by atoms with Gasteiger partial charge in [0.05, 0.1) is 6.61 Å². The quantitative estimate of drug-likeness (QED) is 0.0589. The predicted molar refractivity (Wildman–Crippen MR) is 156 cm³/mol. The monoisotopic (exact) mass is 492 g/mol. The van der Waals surface area contributed by atoms with Gasteiger partial charge < -0.3 is 4.74 Å². The van der Waals surface area contributed by atoms with E-state index in [4.69, 9.17) is 4.74 Å². The van der Waals surface area contributed by atoms with Crippen molar-refractivity contribution in [3.63, 3.8) is 0 Å². The molecule has 0 aliphatic heterocycles. The number of ether oxygens (including phenoxy) is 1. The molecule has 35 heavy (non-hydrogen) atoms. The summed E-state index contributed by atoms with van der Waals surface area (Å²) >= 11 is 0. The SMILES string of the molecule is C/C=C/CCCCCOC(=O)CCCCCCCCCCCCCCCCCCCCCCCC. The maximum atomic E-state index is 11.8. The van der Waals surface area contributed by atoms with E-state index in [-0.39, 0.29) is 5.97 Å². The second-order valence-corrected chi connectivity index (χ2v) is 10.8. The maximum absolute atomic E-state index is 11.8. The van der Waals surface area contributed by atoms with Gasteiger partial charge in [-0.1, -0.05) is 154 Å². The number of hydrogen-bond donors (Lipinski definition) is 0. The van der Waals surface area contributed by atoms with Gasteiger partial charge in [0.1, 0.15) is 0 Å². The Hall–Kier alpha value is -0.790. The van der Waals surface area contributed by atoms with Crippen LogP contribution in [0.1, 0.15) is 187 Å². The zero-order valence-electron chi connectivity index (χ0n) is 24.3. The molecule has 0 saturated heterocycles. The van der Waals surface area contributed by atoms with Crippen LogP contribution in [0.2, 0.25) is 0 Å². The first-order chi connectivity index (χ1) is 17.3. The molecule has 0 spiro atoms. The molecule has 0 aliphatic carbocycles. The van der Waals surface area contributed by atoms with E-state index in [1.807, 2.05) is 0 Å². The summed E-state index contributed by atoms with van der Waals surface area (Å²) in [4.78, 5) is 11.8. The molecule has 0 bridgehead atoms. The summed E-state index contributed by atoms with van der Waals surface area (Å²) in [6.45, 7) is 4.96. The van der Waals surface area contributed by atoms with Gasteiger partial charge in [-0.25, -0.2) is 0 Å². The molecule has 2 heteroatoms. The number of esters is 1. The molecule has 0 radical (unpaired) electrons. The maximum Gasteiger partial charge on any atom is 0.305 e. The van der Waals surface area contributed by atoms with Crippen LogP contribution in [0, 0.1) is 0 Å². The molecule has 0 N–H and O–H groups in total. The first-order valence-electron chi connectivity index (χ1n) is 16.1. The standard InChI is InChI=1S/C33H64O2/c1-3-5-7-9-11-12-13-14-15-16-17-18-19-20-21-22-23-24-25-26-27-29-31-33(34)35-32-30-28-10-8-6-4-2/h4,6H,3,5,7-32H2,1-2H3/b6-4+. The fourth-order valence-corrected chi connectivity index (χ4v) is 4.84. The Bertz CT molecular complexity index is 429. The Morgan fingerprint density at radius 1 is 0.514 bits per heavy atom. The Morgan fingerprint density at radius 2 is 0.886 bits per heavy atom. The summed E-state index contributed by atoms with van der Waals surface area (Å²) in [5.41, 5.74) is 0. The highest BCUT2D eigenvalue weighted by molar-refractivity contribution is 5.69. The number of unbranched alkanes of at least 4 members (excludes halogenated alkanes) is 24. The molecule has 0 aromatic heterocycles. The number of carbonyl (C=O) groups is 1. The molecule has 0 fully saturated rings. The van der Waals surface area contributed by atoms with E-state index in [2.05, 4.69) is 26.0 Å². The molecule has 0 saturated carbocycles. The van der Waals surface area contributed by atoms with E-state index in [9.17, 15) is 4.79 Å². The van der Waals surface area contributed by atoms with E-state index in [1.165, 1.54) is 141 Å². The van der Waals surface area contributed by atoms with Crippen LogP contribution < -0.4 is 0 Å². The third-order valence-electron chi connectivity index (χ3n) is 7.25. The molecule has 208 valence electrons. The van der Waals surface area contributed by atoms with Crippen molar-refractivity contribution in [3.05, 3.63) is 12.2 Å². The topological polar surface area (TPSA) is 26.3 Å². The largest absolute Gasteiger partial charge is 0.466 e. The summed E-state index contributed by atoms with van der Waals surface area (Å²) in [7, 11) is 0. The van der Waals surface area contributed by atoms with Crippen LogP contribution in [0.5, 0.6) is 0 Å². The normalized spacial score (nSPS) is 11.5. The number of rotatable bonds is 29. The first-order valence-corrected chi connectivity index (χ1v) is 16.1. The Labute approximate surface area is 221 Å². The van der Waals surface area contributed by atoms with Gasteiger partial charge in [0.15, 0.2) is 0 Å². The molecule has 0 aliphatic rings. The minimum absolute atomic E-state index is 0.00613. The van der Waals surface area contributed by atoms with Gasteiger partial charge >= 0.3 is 5.97 Å². The number of hydrogen-bond acceptors (Lipinski definition) is 2. The Balaban J connectivity index is 3.11. The summed E-state index contributed by atoms with van der Waals surface area (Å²) in [5.74, 6) is 0.00613. The average Bonchev–Trinajstić information content (AvgIpc) is 2.86. The van der Waals surface area contributed by atoms with Crippen molar-refractivity contribution in [3.8, 4) is 0 Å². The zero-order chi connectivity index (χ0) is 25.5. The predicted octanol–water partition coefficient (Wildman–Crippen LogP) is 11.7. The minimum atomic E-state index is 0.00613. The Morgan fingerprint density at radius 3 is 1.29 bits per heavy atom. The van der Waals surface area contributed by atoms with E-state index in [0.717, 1.165) is 25.7 Å². The van der Waals surface area contributed by atoms with E-state index < -0.39 is 0 Å². The van der Waals surface area contributed by atoms with Gasteiger partial charge in [-0.3, -0.25) is 4.79 Å². The van der Waals surface area contributed by atoms with Crippen LogP contribution in [0.3, 0.4) is 0 Å². The average molecular weight is 493 g/mol. The second-order valence-electron chi connectivity index (χ2n) is 10.8. The number of allylic oxidation sites excluding steroid dienone is 2. The van der Waals surface area contributed by atoms with Crippen molar-refractivity contribution in [2.75, 3.05) is 6.61 Å². The van der Waals surface area contributed by atoms with E-state index in [1.54, 1.807) is 0 Å². The lowest BCUT2D eigenvalue weighted by molar-refractivity contribution is -0.143. The summed E-state index contributed by atoms with van der Waals surface area (Å²) in [5, 5.41) is 0. The first kappa shape index (κ1) is 34.2. The molecule has 0 aromatic carbocycles. The molecule has 0 amide bonds. The van der Waals surface area contributed by atoms with E-state index in [0.29, 0.717) is 13.0 Å². The zero-order valence-corrected chi connectivity index (χ0v) is 24.3. The van der Waals surface area contributed by atoms with Crippen LogP contribution in [0.25, 0.3) is 0 Å². The third-order valence-corrected chi connectivity index (χ3v) is 7.25. The molecular weight excluding hydrogens is 428 g/mol. The van der Waals surface area contributed by atoms with Crippen molar-refractivity contribution >= 4 is 5.97 Å². The molecule has 0 unspecified atom stereocenters. The van der Waals surface area contributed by atoms with Crippen LogP contribution in [0.15, 0.2) is 12.2 Å². The van der Waals surface area contributed by atoms with Crippen molar-refractivity contribution in [1.82, 2.24) is 0 Å². The molecule has 2 nitrogen and oxygen atoms in total. The Kier molecular flexibility index (Phi) is 30.5. The van der Waals surface area contributed by atoms with Gasteiger partial charge in [-0.15, -0.1) is 0 Å². The lowest BCUT2D eigenvalue weighted by Gasteiger charge is -2.05. The van der Waals surface area contributed by atoms with Gasteiger partial charge in [0, 0.05) is 6.42 Å². The van der Waals surface area contributed by atoms with Crippen LogP contribution in [0.4, 0.5) is 0 Å². The second kappa shape index (κ2) is 31.2.